The van der Waals surface area contributed by atoms with E-state index in [9.17, 15) is 5.11 Å². The second kappa shape index (κ2) is 6.21. The van der Waals surface area contributed by atoms with Gasteiger partial charge >= 0.3 is 0 Å². The van der Waals surface area contributed by atoms with Crippen molar-refractivity contribution in [2.45, 2.75) is 19.4 Å². The number of halogens is 1. The van der Waals surface area contributed by atoms with Crippen LogP contribution in [0.4, 0.5) is 0 Å². The summed E-state index contributed by atoms with van der Waals surface area (Å²) in [5, 5.41) is 13.8. The lowest BCUT2D eigenvalue weighted by Gasteiger charge is -2.14. The Hall–Kier alpha value is -1.33. The van der Waals surface area contributed by atoms with Crippen LogP contribution in [0.1, 0.15) is 24.3 Å². The number of benzene rings is 1. The average Bonchev–Trinajstić information content (AvgIpc) is 2.75. The lowest BCUT2D eigenvalue weighted by Crippen LogP contribution is -2.07. The molecule has 4 nitrogen and oxygen atoms in total. The van der Waals surface area contributed by atoms with Crippen molar-refractivity contribution < 1.29 is 9.84 Å². The molecule has 0 saturated carbocycles. The van der Waals surface area contributed by atoms with Crippen molar-refractivity contribution in [3.63, 3.8) is 0 Å². The van der Waals surface area contributed by atoms with Crippen molar-refractivity contribution in [1.29, 1.82) is 0 Å². The van der Waals surface area contributed by atoms with Crippen LogP contribution in [0, 0.1) is 0 Å². The predicted octanol–water partition coefficient (Wildman–Crippen LogP) is 2.86. The van der Waals surface area contributed by atoms with Gasteiger partial charge in [0.05, 0.1) is 12.7 Å². The van der Waals surface area contributed by atoms with Crippen LogP contribution in [0.15, 0.2) is 34.9 Å². The van der Waals surface area contributed by atoms with Gasteiger partial charge in [-0.1, -0.05) is 22.0 Å². The molecule has 0 aliphatic heterocycles. The first-order valence-electron chi connectivity index (χ1n) is 6.15. The number of hydrogen-bond acceptors (Lipinski definition) is 3. The molecular weight excluding hydrogens is 308 g/mol. The molecule has 0 aliphatic rings. The first kappa shape index (κ1) is 14.1. The fraction of sp³-hybridized carbons (Fsp3) is 0.357. The molecule has 1 heterocycles. The number of ether oxygens (including phenoxy) is 1. The molecule has 1 atom stereocenters. The third kappa shape index (κ3) is 3.58. The van der Waals surface area contributed by atoms with Gasteiger partial charge in [0.15, 0.2) is 0 Å². The van der Waals surface area contributed by atoms with Crippen molar-refractivity contribution in [2.75, 3.05) is 6.61 Å². The number of aryl methyl sites for hydroxylation is 1. The monoisotopic (exact) mass is 324 g/mol. The van der Waals surface area contributed by atoms with E-state index in [0.29, 0.717) is 12.4 Å². The lowest BCUT2D eigenvalue weighted by molar-refractivity contribution is 0.191. The summed E-state index contributed by atoms with van der Waals surface area (Å²) in [7, 11) is 1.91. The van der Waals surface area contributed by atoms with E-state index in [-0.39, 0.29) is 0 Å². The highest BCUT2D eigenvalue weighted by atomic mass is 79.9. The van der Waals surface area contributed by atoms with E-state index < -0.39 is 6.10 Å². The highest BCUT2D eigenvalue weighted by Crippen LogP contribution is 2.28. The maximum atomic E-state index is 9.71. The third-order valence-electron chi connectivity index (χ3n) is 2.96. The van der Waals surface area contributed by atoms with Crippen LogP contribution in [0.25, 0.3) is 0 Å². The van der Waals surface area contributed by atoms with Gasteiger partial charge in [0.2, 0.25) is 0 Å². The molecule has 0 saturated heterocycles. The Kier molecular flexibility index (Phi) is 4.61. The van der Waals surface area contributed by atoms with Crippen LogP contribution in [-0.4, -0.2) is 21.5 Å². The van der Waals surface area contributed by atoms with E-state index >= 15 is 0 Å². The van der Waals surface area contributed by atoms with Gasteiger partial charge in [-0.15, -0.1) is 0 Å². The molecule has 0 aliphatic carbocycles. The summed E-state index contributed by atoms with van der Waals surface area (Å²) in [6, 6.07) is 7.62. The van der Waals surface area contributed by atoms with Gasteiger partial charge in [0, 0.05) is 35.4 Å². The molecule has 0 unspecified atom stereocenters. The molecule has 19 heavy (non-hydrogen) atoms. The quantitative estimate of drug-likeness (QED) is 0.919. The van der Waals surface area contributed by atoms with Crippen molar-refractivity contribution in [3.05, 3.63) is 46.2 Å². The smallest absolute Gasteiger partial charge is 0.126 e. The van der Waals surface area contributed by atoms with Gasteiger partial charge in [-0.05, 0) is 25.1 Å². The van der Waals surface area contributed by atoms with Crippen LogP contribution < -0.4 is 4.74 Å². The average molecular weight is 325 g/mol. The number of aliphatic hydroxyl groups excluding tert-OH is 1. The molecule has 0 fully saturated rings. The molecule has 102 valence electrons. The zero-order valence-electron chi connectivity index (χ0n) is 11.0. The number of nitrogens with zero attached hydrogens (tertiary/aromatic N) is 2. The molecule has 1 N–H and O–H groups in total. The number of aliphatic hydroxyl groups is 1. The molecule has 0 amide bonds. The Morgan fingerprint density at radius 2 is 2.21 bits per heavy atom. The molecule has 1 aromatic carbocycles. The normalized spacial score (nSPS) is 12.4. The summed E-state index contributed by atoms with van der Waals surface area (Å²) in [5.41, 5.74) is 1.92. The fourth-order valence-electron chi connectivity index (χ4n) is 1.89. The van der Waals surface area contributed by atoms with E-state index in [4.69, 9.17) is 4.74 Å². The Morgan fingerprint density at radius 3 is 2.84 bits per heavy atom. The highest BCUT2D eigenvalue weighted by molar-refractivity contribution is 9.10. The van der Waals surface area contributed by atoms with Crippen LogP contribution in [0.2, 0.25) is 0 Å². The lowest BCUT2D eigenvalue weighted by atomic mass is 10.1. The van der Waals surface area contributed by atoms with E-state index in [1.165, 1.54) is 0 Å². The first-order chi connectivity index (χ1) is 9.08. The second-order valence-corrected chi connectivity index (χ2v) is 5.32. The minimum Gasteiger partial charge on any atom is -0.493 e. The summed E-state index contributed by atoms with van der Waals surface area (Å²) < 4.78 is 8.55. The number of rotatable bonds is 5. The van der Waals surface area contributed by atoms with Crippen molar-refractivity contribution >= 4 is 15.9 Å². The largest absolute Gasteiger partial charge is 0.493 e. The second-order valence-electron chi connectivity index (χ2n) is 4.40. The van der Waals surface area contributed by atoms with E-state index in [2.05, 4.69) is 21.0 Å². The molecule has 2 aromatic rings. The number of hydrogen-bond donors (Lipinski definition) is 1. The van der Waals surface area contributed by atoms with E-state index in [1.807, 2.05) is 36.0 Å². The maximum Gasteiger partial charge on any atom is 0.126 e. The van der Waals surface area contributed by atoms with Crippen molar-refractivity contribution in [1.82, 2.24) is 9.78 Å². The highest BCUT2D eigenvalue weighted by Gasteiger charge is 2.10. The SMILES string of the molecule is C[C@H](O)c1ccc(Br)cc1OCCc1ccnn1C. The predicted molar refractivity (Wildman–Crippen MR) is 77.2 cm³/mol. The molecule has 1 aromatic heterocycles. The Bertz CT molecular complexity index is 552. The summed E-state index contributed by atoms with van der Waals surface area (Å²) >= 11 is 3.41. The third-order valence-corrected chi connectivity index (χ3v) is 3.46. The standard InChI is InChI=1S/C14H17BrN2O2/c1-10(18)13-4-3-11(15)9-14(13)19-8-6-12-5-7-16-17(12)2/h3-5,7,9-10,18H,6,8H2,1-2H3/t10-/m0/s1. The minimum absolute atomic E-state index is 0.542. The summed E-state index contributed by atoms with van der Waals surface area (Å²) in [6.07, 6.45) is 2.01. The first-order valence-corrected chi connectivity index (χ1v) is 6.94. The zero-order valence-corrected chi connectivity index (χ0v) is 12.6. The minimum atomic E-state index is -0.542. The molecule has 0 spiro atoms. The number of aromatic nitrogens is 2. The topological polar surface area (TPSA) is 47.3 Å². The van der Waals surface area contributed by atoms with Gasteiger partial charge in [-0.3, -0.25) is 4.68 Å². The van der Waals surface area contributed by atoms with Gasteiger partial charge in [0.1, 0.15) is 5.75 Å². The Labute approximate surface area is 121 Å². The Balaban J connectivity index is 2.03. The Morgan fingerprint density at radius 1 is 1.42 bits per heavy atom. The molecule has 0 bridgehead atoms. The van der Waals surface area contributed by atoms with E-state index in [1.54, 1.807) is 13.1 Å². The summed E-state index contributed by atoms with van der Waals surface area (Å²) in [5.74, 6) is 0.714. The molecule has 2 rings (SSSR count). The summed E-state index contributed by atoms with van der Waals surface area (Å²) in [4.78, 5) is 0. The van der Waals surface area contributed by atoms with E-state index in [0.717, 1.165) is 22.2 Å². The van der Waals surface area contributed by atoms with Gasteiger partial charge in [0.25, 0.3) is 0 Å². The summed E-state index contributed by atoms with van der Waals surface area (Å²) in [6.45, 7) is 2.28. The zero-order chi connectivity index (χ0) is 13.8. The van der Waals surface area contributed by atoms with Gasteiger partial charge < -0.3 is 9.84 Å². The van der Waals surface area contributed by atoms with Gasteiger partial charge in [-0.2, -0.15) is 5.10 Å². The van der Waals surface area contributed by atoms with Crippen LogP contribution >= 0.6 is 15.9 Å². The van der Waals surface area contributed by atoms with Crippen molar-refractivity contribution in [2.24, 2.45) is 7.05 Å². The maximum absolute atomic E-state index is 9.71. The van der Waals surface area contributed by atoms with Gasteiger partial charge in [-0.25, -0.2) is 0 Å². The molecular formula is C14H17BrN2O2. The van der Waals surface area contributed by atoms with Crippen LogP contribution in [-0.2, 0) is 13.5 Å². The molecule has 5 heteroatoms. The van der Waals surface area contributed by atoms with Crippen LogP contribution in [0.3, 0.4) is 0 Å². The van der Waals surface area contributed by atoms with Crippen molar-refractivity contribution in [3.8, 4) is 5.75 Å². The fourth-order valence-corrected chi connectivity index (χ4v) is 2.23. The molecule has 0 radical (unpaired) electrons. The van der Waals surface area contributed by atoms with Crippen LogP contribution in [0.5, 0.6) is 5.75 Å².